The smallest absolute Gasteiger partial charge is 0.305 e. The molecule has 1 amide bonds. The summed E-state index contributed by atoms with van der Waals surface area (Å²) < 4.78 is 0. The third-order valence-corrected chi connectivity index (χ3v) is 2.90. The predicted molar refractivity (Wildman–Crippen MR) is 60.1 cm³/mol. The Kier molecular flexibility index (Phi) is 4.73. The number of carbonyl (C=O) groups is 2. The average molecular weight is 228 g/mol. The van der Waals surface area contributed by atoms with Crippen LogP contribution in [0.2, 0.25) is 0 Å². The molecule has 16 heavy (non-hydrogen) atoms. The van der Waals surface area contributed by atoms with E-state index in [-0.39, 0.29) is 24.9 Å². The van der Waals surface area contributed by atoms with Gasteiger partial charge in [0.25, 0.3) is 0 Å². The van der Waals surface area contributed by atoms with Crippen LogP contribution in [0.25, 0.3) is 0 Å². The standard InChI is InChI=1S/C11H20N2O3/c1-8(2)13-7-3-4-9(13)11(16)12-6-5-10(14)15/h8-9H,3-7H2,1-2H3,(H,12,16)(H,14,15)/t9-/m0/s1. The number of rotatable bonds is 5. The van der Waals surface area contributed by atoms with Gasteiger partial charge in [-0.05, 0) is 33.2 Å². The summed E-state index contributed by atoms with van der Waals surface area (Å²) in [4.78, 5) is 24.3. The van der Waals surface area contributed by atoms with Gasteiger partial charge in [0.05, 0.1) is 12.5 Å². The van der Waals surface area contributed by atoms with E-state index in [2.05, 4.69) is 24.1 Å². The molecule has 92 valence electrons. The highest BCUT2D eigenvalue weighted by atomic mass is 16.4. The van der Waals surface area contributed by atoms with Crippen LogP contribution in [-0.2, 0) is 9.59 Å². The van der Waals surface area contributed by atoms with Gasteiger partial charge in [-0.3, -0.25) is 14.5 Å². The maximum absolute atomic E-state index is 11.8. The zero-order chi connectivity index (χ0) is 12.1. The van der Waals surface area contributed by atoms with Crippen molar-refractivity contribution >= 4 is 11.9 Å². The molecular formula is C11H20N2O3. The molecule has 0 aliphatic carbocycles. The molecule has 1 aliphatic heterocycles. The van der Waals surface area contributed by atoms with Crippen molar-refractivity contribution in [2.75, 3.05) is 13.1 Å². The number of carboxylic acids is 1. The second-order valence-electron chi connectivity index (χ2n) is 4.42. The summed E-state index contributed by atoms with van der Waals surface area (Å²) in [6, 6.07) is 0.284. The zero-order valence-corrected chi connectivity index (χ0v) is 9.90. The van der Waals surface area contributed by atoms with Crippen LogP contribution in [-0.4, -0.2) is 47.1 Å². The van der Waals surface area contributed by atoms with Crippen molar-refractivity contribution in [2.24, 2.45) is 0 Å². The number of amides is 1. The Bertz CT molecular complexity index is 266. The second kappa shape index (κ2) is 5.84. The number of likely N-dealkylation sites (tertiary alicyclic amines) is 1. The van der Waals surface area contributed by atoms with E-state index in [0.717, 1.165) is 19.4 Å². The van der Waals surface area contributed by atoms with E-state index < -0.39 is 5.97 Å². The molecule has 2 N–H and O–H groups in total. The number of carboxylic acid groups (broad SMARTS) is 1. The first-order chi connectivity index (χ1) is 7.52. The Morgan fingerprint density at radius 1 is 1.50 bits per heavy atom. The third kappa shape index (κ3) is 3.48. The zero-order valence-electron chi connectivity index (χ0n) is 9.90. The van der Waals surface area contributed by atoms with Crippen LogP contribution in [0.4, 0.5) is 0 Å². The van der Waals surface area contributed by atoms with E-state index in [0.29, 0.717) is 6.04 Å². The van der Waals surface area contributed by atoms with E-state index in [1.54, 1.807) is 0 Å². The maximum atomic E-state index is 11.8. The van der Waals surface area contributed by atoms with Crippen LogP contribution >= 0.6 is 0 Å². The van der Waals surface area contributed by atoms with Crippen LogP contribution in [0.3, 0.4) is 0 Å². The highest BCUT2D eigenvalue weighted by molar-refractivity contribution is 5.82. The van der Waals surface area contributed by atoms with Gasteiger partial charge in [-0.15, -0.1) is 0 Å². The molecule has 1 atom stereocenters. The van der Waals surface area contributed by atoms with E-state index in [9.17, 15) is 9.59 Å². The van der Waals surface area contributed by atoms with Gasteiger partial charge in [0, 0.05) is 12.6 Å². The van der Waals surface area contributed by atoms with Gasteiger partial charge in [0.1, 0.15) is 0 Å². The summed E-state index contributed by atoms with van der Waals surface area (Å²) in [6.45, 7) is 5.32. The summed E-state index contributed by atoms with van der Waals surface area (Å²) in [5.74, 6) is -0.917. The molecule has 1 aliphatic rings. The number of hydrogen-bond donors (Lipinski definition) is 2. The summed E-state index contributed by atoms with van der Waals surface area (Å²) in [5.41, 5.74) is 0. The topological polar surface area (TPSA) is 69.6 Å². The SMILES string of the molecule is CC(C)N1CCC[C@H]1C(=O)NCCC(=O)O. The van der Waals surface area contributed by atoms with Crippen molar-refractivity contribution in [3.8, 4) is 0 Å². The highest BCUT2D eigenvalue weighted by Gasteiger charge is 2.31. The van der Waals surface area contributed by atoms with Crippen molar-refractivity contribution in [3.63, 3.8) is 0 Å². The summed E-state index contributed by atoms with van der Waals surface area (Å²) in [5, 5.41) is 11.1. The molecule has 5 heteroatoms. The lowest BCUT2D eigenvalue weighted by molar-refractivity contribution is -0.137. The maximum Gasteiger partial charge on any atom is 0.305 e. The van der Waals surface area contributed by atoms with Crippen LogP contribution in [0, 0.1) is 0 Å². The molecule has 0 aromatic carbocycles. The summed E-state index contributed by atoms with van der Waals surface area (Å²) in [7, 11) is 0. The lowest BCUT2D eigenvalue weighted by Gasteiger charge is -2.27. The van der Waals surface area contributed by atoms with Crippen LogP contribution in [0.1, 0.15) is 33.1 Å². The van der Waals surface area contributed by atoms with Gasteiger partial charge in [0.15, 0.2) is 0 Å². The Balaban J connectivity index is 2.38. The van der Waals surface area contributed by atoms with Crippen molar-refractivity contribution in [3.05, 3.63) is 0 Å². The Hall–Kier alpha value is -1.10. The number of nitrogens with one attached hydrogen (secondary N) is 1. The molecule has 1 rings (SSSR count). The first kappa shape index (κ1) is 13.0. The fourth-order valence-corrected chi connectivity index (χ4v) is 2.10. The highest BCUT2D eigenvalue weighted by Crippen LogP contribution is 2.19. The molecule has 0 saturated carbocycles. The van der Waals surface area contributed by atoms with Gasteiger partial charge in [-0.2, -0.15) is 0 Å². The van der Waals surface area contributed by atoms with Crippen LogP contribution in [0.5, 0.6) is 0 Å². The molecule has 1 heterocycles. The lowest BCUT2D eigenvalue weighted by Crippen LogP contribution is -2.46. The minimum Gasteiger partial charge on any atom is -0.481 e. The van der Waals surface area contributed by atoms with E-state index in [1.165, 1.54) is 0 Å². The summed E-state index contributed by atoms with van der Waals surface area (Å²) in [6.07, 6.45) is 1.90. The quantitative estimate of drug-likeness (QED) is 0.717. The minimum atomic E-state index is -0.882. The number of carbonyl (C=O) groups excluding carboxylic acids is 1. The Labute approximate surface area is 95.8 Å². The number of hydrogen-bond acceptors (Lipinski definition) is 3. The molecule has 0 radical (unpaired) electrons. The number of nitrogens with zero attached hydrogens (tertiary/aromatic N) is 1. The molecule has 1 fully saturated rings. The number of aliphatic carboxylic acids is 1. The molecule has 0 aromatic rings. The third-order valence-electron chi connectivity index (χ3n) is 2.90. The van der Waals surface area contributed by atoms with Crippen molar-refractivity contribution in [1.82, 2.24) is 10.2 Å². The minimum absolute atomic E-state index is 0.0138. The lowest BCUT2D eigenvalue weighted by atomic mass is 10.2. The Morgan fingerprint density at radius 3 is 2.75 bits per heavy atom. The monoisotopic (exact) mass is 228 g/mol. The Morgan fingerprint density at radius 2 is 2.19 bits per heavy atom. The van der Waals surface area contributed by atoms with Crippen LogP contribution in [0.15, 0.2) is 0 Å². The molecular weight excluding hydrogens is 208 g/mol. The van der Waals surface area contributed by atoms with Crippen LogP contribution < -0.4 is 5.32 Å². The fourth-order valence-electron chi connectivity index (χ4n) is 2.10. The van der Waals surface area contributed by atoms with Gasteiger partial charge in [-0.1, -0.05) is 0 Å². The van der Waals surface area contributed by atoms with Gasteiger partial charge < -0.3 is 10.4 Å². The molecule has 0 spiro atoms. The molecule has 1 saturated heterocycles. The summed E-state index contributed by atoms with van der Waals surface area (Å²) >= 11 is 0. The second-order valence-corrected chi connectivity index (χ2v) is 4.42. The largest absolute Gasteiger partial charge is 0.481 e. The van der Waals surface area contributed by atoms with E-state index in [1.807, 2.05) is 0 Å². The molecule has 5 nitrogen and oxygen atoms in total. The van der Waals surface area contributed by atoms with Gasteiger partial charge >= 0.3 is 5.97 Å². The predicted octanol–water partition coefficient (Wildman–Crippen LogP) is 0.450. The van der Waals surface area contributed by atoms with E-state index in [4.69, 9.17) is 5.11 Å². The van der Waals surface area contributed by atoms with Crippen molar-refractivity contribution in [2.45, 2.75) is 45.2 Å². The average Bonchev–Trinajstić information content (AvgIpc) is 2.65. The molecule has 0 unspecified atom stereocenters. The van der Waals surface area contributed by atoms with Crippen molar-refractivity contribution in [1.29, 1.82) is 0 Å². The first-order valence-corrected chi connectivity index (χ1v) is 5.77. The molecule has 0 aromatic heterocycles. The van der Waals surface area contributed by atoms with Gasteiger partial charge in [-0.25, -0.2) is 0 Å². The fraction of sp³-hybridized carbons (Fsp3) is 0.818. The first-order valence-electron chi connectivity index (χ1n) is 5.77. The normalized spacial score (nSPS) is 21.3. The van der Waals surface area contributed by atoms with E-state index >= 15 is 0 Å². The van der Waals surface area contributed by atoms with Gasteiger partial charge in [0.2, 0.25) is 5.91 Å². The molecule has 0 bridgehead atoms. The van der Waals surface area contributed by atoms with Crippen molar-refractivity contribution < 1.29 is 14.7 Å².